The minimum atomic E-state index is -0.666. The largest absolute Gasteiger partial charge is 0.491 e. The number of ether oxygens (including phenoxy) is 2. The summed E-state index contributed by atoms with van der Waals surface area (Å²) in [5.41, 5.74) is 5.09. The van der Waals surface area contributed by atoms with Gasteiger partial charge >= 0.3 is 6.03 Å². The third kappa shape index (κ3) is 4.94. The molecule has 2 amide bonds. The van der Waals surface area contributed by atoms with E-state index in [1.807, 2.05) is 38.1 Å². The number of carbonyl (C=O) groups excluding carboxylic acids is 1. The van der Waals surface area contributed by atoms with Crippen LogP contribution < -0.4 is 20.5 Å². The normalized spacial score (nSPS) is 12.0. The first-order chi connectivity index (χ1) is 12.9. The summed E-state index contributed by atoms with van der Waals surface area (Å²) < 4.78 is 16.5. The highest BCUT2D eigenvalue weighted by atomic mass is 32.1. The van der Waals surface area contributed by atoms with Crippen molar-refractivity contribution in [3.63, 3.8) is 0 Å². The Kier molecular flexibility index (Phi) is 5.55. The van der Waals surface area contributed by atoms with Crippen LogP contribution in [0.5, 0.6) is 16.7 Å². The topological polar surface area (TPSA) is 125 Å². The molecule has 27 heavy (non-hydrogen) atoms. The monoisotopic (exact) mass is 389 g/mol. The molecule has 3 aromatic rings. The van der Waals surface area contributed by atoms with E-state index in [0.717, 1.165) is 5.75 Å². The van der Waals surface area contributed by atoms with Crippen LogP contribution in [0.4, 0.5) is 4.79 Å². The van der Waals surface area contributed by atoms with Crippen LogP contribution in [0.1, 0.15) is 32.7 Å². The van der Waals surface area contributed by atoms with Crippen LogP contribution in [0.3, 0.4) is 0 Å². The summed E-state index contributed by atoms with van der Waals surface area (Å²) in [6.45, 7) is 5.63. The van der Waals surface area contributed by atoms with Gasteiger partial charge in [-0.15, -0.1) is 0 Å². The Hall–Kier alpha value is -3.14. The second-order valence-corrected chi connectivity index (χ2v) is 6.91. The van der Waals surface area contributed by atoms with Gasteiger partial charge in [-0.3, -0.25) is 0 Å². The number of benzene rings is 1. The molecule has 0 fully saturated rings. The second-order valence-electron chi connectivity index (χ2n) is 5.92. The quantitative estimate of drug-likeness (QED) is 0.633. The van der Waals surface area contributed by atoms with Crippen LogP contribution in [-0.2, 0) is 0 Å². The Bertz CT molecular complexity index is 906. The zero-order valence-electron chi connectivity index (χ0n) is 15.0. The number of aromatic nitrogens is 3. The SMILES string of the molecule is CC(C)Oc1ccc(Oc2ncc(-c3noc(C(C)NC(N)=O)n3)s2)cc1. The van der Waals surface area contributed by atoms with E-state index in [2.05, 4.69) is 20.4 Å². The van der Waals surface area contributed by atoms with Gasteiger partial charge in [0.15, 0.2) is 0 Å². The van der Waals surface area contributed by atoms with Crippen LogP contribution in [0.2, 0.25) is 0 Å². The van der Waals surface area contributed by atoms with Crippen molar-refractivity contribution >= 4 is 17.4 Å². The number of hydrogen-bond acceptors (Lipinski definition) is 8. The van der Waals surface area contributed by atoms with E-state index >= 15 is 0 Å². The van der Waals surface area contributed by atoms with Gasteiger partial charge in [0.1, 0.15) is 17.5 Å². The lowest BCUT2D eigenvalue weighted by Crippen LogP contribution is -2.31. The molecule has 2 heterocycles. The van der Waals surface area contributed by atoms with Crippen LogP contribution in [0, 0.1) is 0 Å². The highest BCUT2D eigenvalue weighted by Crippen LogP contribution is 2.32. The Balaban J connectivity index is 1.66. The second kappa shape index (κ2) is 8.04. The maximum Gasteiger partial charge on any atom is 0.312 e. The summed E-state index contributed by atoms with van der Waals surface area (Å²) >= 11 is 1.27. The molecule has 1 unspecified atom stereocenters. The molecule has 9 nitrogen and oxygen atoms in total. The molecule has 0 saturated heterocycles. The number of nitrogens with two attached hydrogens (primary N) is 1. The summed E-state index contributed by atoms with van der Waals surface area (Å²) in [4.78, 5) is 20.0. The van der Waals surface area contributed by atoms with Crippen molar-refractivity contribution in [3.8, 4) is 27.4 Å². The first-order valence-corrected chi connectivity index (χ1v) is 9.02. The number of thiazole rings is 1. The maximum atomic E-state index is 10.9. The summed E-state index contributed by atoms with van der Waals surface area (Å²) in [7, 11) is 0. The van der Waals surface area contributed by atoms with E-state index in [1.54, 1.807) is 13.1 Å². The van der Waals surface area contributed by atoms with Crippen molar-refractivity contribution in [1.29, 1.82) is 0 Å². The fourth-order valence-corrected chi connectivity index (χ4v) is 2.87. The lowest BCUT2D eigenvalue weighted by molar-refractivity contribution is 0.241. The van der Waals surface area contributed by atoms with Crippen LogP contribution in [-0.4, -0.2) is 27.3 Å². The van der Waals surface area contributed by atoms with Gasteiger partial charge in [0, 0.05) is 0 Å². The van der Waals surface area contributed by atoms with Crippen molar-refractivity contribution < 1.29 is 18.8 Å². The van der Waals surface area contributed by atoms with E-state index in [9.17, 15) is 4.79 Å². The average molecular weight is 389 g/mol. The zero-order chi connectivity index (χ0) is 19.4. The molecule has 1 atom stereocenters. The molecular weight excluding hydrogens is 370 g/mol. The number of carbonyl (C=O) groups is 1. The number of urea groups is 1. The number of hydrogen-bond donors (Lipinski definition) is 2. The number of rotatable bonds is 7. The Morgan fingerprint density at radius 1 is 1.22 bits per heavy atom. The molecule has 0 radical (unpaired) electrons. The summed E-state index contributed by atoms with van der Waals surface area (Å²) in [6, 6.07) is 6.13. The molecule has 0 aliphatic rings. The number of primary amides is 1. The maximum absolute atomic E-state index is 10.9. The highest BCUT2D eigenvalue weighted by molar-refractivity contribution is 7.16. The van der Waals surface area contributed by atoms with Gasteiger partial charge in [-0.1, -0.05) is 16.5 Å². The highest BCUT2D eigenvalue weighted by Gasteiger charge is 2.18. The van der Waals surface area contributed by atoms with Crippen molar-refractivity contribution in [3.05, 3.63) is 36.4 Å². The van der Waals surface area contributed by atoms with E-state index < -0.39 is 12.1 Å². The number of nitrogens with one attached hydrogen (secondary N) is 1. The smallest absolute Gasteiger partial charge is 0.312 e. The molecule has 0 aliphatic heterocycles. The van der Waals surface area contributed by atoms with Crippen LogP contribution in [0.15, 0.2) is 35.0 Å². The molecule has 0 aliphatic carbocycles. The molecule has 0 saturated carbocycles. The molecule has 3 N–H and O–H groups in total. The summed E-state index contributed by atoms with van der Waals surface area (Å²) in [5, 5.41) is 6.81. The Morgan fingerprint density at radius 2 is 1.93 bits per heavy atom. The molecule has 3 rings (SSSR count). The Morgan fingerprint density at radius 3 is 2.59 bits per heavy atom. The van der Waals surface area contributed by atoms with Crippen LogP contribution in [0.25, 0.3) is 10.7 Å². The summed E-state index contributed by atoms with van der Waals surface area (Å²) in [6.07, 6.45) is 1.70. The van der Waals surface area contributed by atoms with E-state index in [-0.39, 0.29) is 12.0 Å². The van der Waals surface area contributed by atoms with E-state index in [0.29, 0.717) is 21.6 Å². The number of nitrogens with zero attached hydrogens (tertiary/aromatic N) is 3. The fraction of sp³-hybridized carbons (Fsp3) is 0.294. The lowest BCUT2D eigenvalue weighted by atomic mass is 10.3. The fourth-order valence-electron chi connectivity index (χ4n) is 2.15. The zero-order valence-corrected chi connectivity index (χ0v) is 15.8. The van der Waals surface area contributed by atoms with E-state index in [1.165, 1.54) is 11.3 Å². The molecule has 2 aromatic heterocycles. The van der Waals surface area contributed by atoms with Gasteiger partial charge in [-0.2, -0.15) is 4.98 Å². The third-order valence-electron chi connectivity index (χ3n) is 3.28. The van der Waals surface area contributed by atoms with Crippen molar-refractivity contribution in [2.24, 2.45) is 5.73 Å². The first-order valence-electron chi connectivity index (χ1n) is 8.21. The third-order valence-corrected chi connectivity index (χ3v) is 4.15. The minimum absolute atomic E-state index is 0.110. The average Bonchev–Trinajstić information content (AvgIpc) is 3.25. The molecular formula is C17H19N5O4S. The summed E-state index contributed by atoms with van der Waals surface area (Å²) in [5.74, 6) is 2.02. The van der Waals surface area contributed by atoms with Crippen LogP contribution >= 0.6 is 11.3 Å². The van der Waals surface area contributed by atoms with Crippen molar-refractivity contribution in [1.82, 2.24) is 20.4 Å². The molecule has 0 spiro atoms. The van der Waals surface area contributed by atoms with Gasteiger partial charge in [0.05, 0.1) is 17.2 Å². The molecule has 10 heteroatoms. The van der Waals surface area contributed by atoms with Gasteiger partial charge in [-0.05, 0) is 45.0 Å². The van der Waals surface area contributed by atoms with Gasteiger partial charge in [0.2, 0.25) is 11.7 Å². The standard InChI is InChI=1S/C17H19N5O4S/c1-9(2)24-11-4-6-12(7-5-11)25-17-19-8-13(27-17)14-21-15(26-22-14)10(3)20-16(18)23/h4-10H,1-3H3,(H3,18,20,23). The predicted octanol–water partition coefficient (Wildman–Crippen LogP) is 3.50. The van der Waals surface area contributed by atoms with E-state index in [4.69, 9.17) is 19.7 Å². The molecule has 142 valence electrons. The van der Waals surface area contributed by atoms with Gasteiger partial charge in [0.25, 0.3) is 5.19 Å². The lowest BCUT2D eigenvalue weighted by Gasteiger charge is -2.09. The number of amides is 2. The Labute approximate surface area is 159 Å². The molecule has 1 aromatic carbocycles. The first kappa shape index (κ1) is 18.6. The van der Waals surface area contributed by atoms with Crippen molar-refractivity contribution in [2.75, 3.05) is 0 Å². The molecule has 0 bridgehead atoms. The minimum Gasteiger partial charge on any atom is -0.491 e. The van der Waals surface area contributed by atoms with Crippen molar-refractivity contribution in [2.45, 2.75) is 32.9 Å². The van der Waals surface area contributed by atoms with Gasteiger partial charge in [-0.25, -0.2) is 9.78 Å². The predicted molar refractivity (Wildman–Crippen MR) is 98.8 cm³/mol. The van der Waals surface area contributed by atoms with Gasteiger partial charge < -0.3 is 25.0 Å².